The summed E-state index contributed by atoms with van der Waals surface area (Å²) in [4.78, 5) is 23.2. The van der Waals surface area contributed by atoms with Crippen LogP contribution in [-0.2, 0) is 21.1 Å². The lowest BCUT2D eigenvalue weighted by atomic mass is 9.95. The van der Waals surface area contributed by atoms with Crippen LogP contribution in [0.2, 0.25) is 0 Å². The molecule has 5 rings (SSSR count). The first-order valence-electron chi connectivity index (χ1n) is 11.3. The predicted molar refractivity (Wildman–Crippen MR) is 122 cm³/mol. The number of aryl methyl sites for hydroxylation is 1. The molecule has 9 heteroatoms. The van der Waals surface area contributed by atoms with Crippen LogP contribution in [0.4, 0.5) is 0 Å². The third-order valence-corrected chi connectivity index (χ3v) is 8.75. The molecular formula is C23H29N5O3S. The lowest BCUT2D eigenvalue weighted by molar-refractivity contribution is -0.131. The van der Waals surface area contributed by atoms with E-state index in [9.17, 15) is 13.2 Å². The minimum Gasteiger partial charge on any atom is -0.342 e. The van der Waals surface area contributed by atoms with E-state index in [0.29, 0.717) is 31.8 Å². The van der Waals surface area contributed by atoms with Crippen molar-refractivity contribution in [3.05, 3.63) is 47.0 Å². The van der Waals surface area contributed by atoms with E-state index in [-0.39, 0.29) is 23.5 Å². The van der Waals surface area contributed by atoms with Gasteiger partial charge < -0.3 is 9.88 Å². The minimum absolute atomic E-state index is 0.109. The van der Waals surface area contributed by atoms with Crippen molar-refractivity contribution in [1.82, 2.24) is 24.6 Å². The van der Waals surface area contributed by atoms with Crippen LogP contribution in [-0.4, -0.2) is 63.6 Å². The molecule has 1 N–H and O–H groups in total. The Morgan fingerprint density at radius 3 is 2.59 bits per heavy atom. The molecule has 1 unspecified atom stereocenters. The Labute approximate surface area is 187 Å². The number of aromatic nitrogens is 4. The van der Waals surface area contributed by atoms with E-state index in [4.69, 9.17) is 4.98 Å². The van der Waals surface area contributed by atoms with Crippen LogP contribution in [0.5, 0.6) is 0 Å². The second kappa shape index (κ2) is 8.03. The highest BCUT2D eigenvalue weighted by atomic mass is 32.2. The van der Waals surface area contributed by atoms with Gasteiger partial charge in [-0.15, -0.1) is 0 Å². The van der Waals surface area contributed by atoms with Crippen LogP contribution >= 0.6 is 0 Å². The molecule has 0 spiro atoms. The first-order valence-corrected chi connectivity index (χ1v) is 13.1. The topological polar surface area (TPSA) is 101 Å². The lowest BCUT2D eigenvalue weighted by Gasteiger charge is -2.31. The quantitative estimate of drug-likeness (QED) is 0.652. The molecule has 32 heavy (non-hydrogen) atoms. The molecule has 0 radical (unpaired) electrons. The summed E-state index contributed by atoms with van der Waals surface area (Å²) in [6.07, 6.45) is 2.69. The van der Waals surface area contributed by atoms with Gasteiger partial charge in [-0.1, -0.05) is 12.1 Å². The number of benzene rings is 1. The molecule has 2 aliphatic rings. The smallest absolute Gasteiger partial charge is 0.227 e. The summed E-state index contributed by atoms with van der Waals surface area (Å²) in [7, 11) is -2.98. The molecule has 0 saturated carbocycles. The number of hydrogen-bond acceptors (Lipinski definition) is 5. The third kappa shape index (κ3) is 3.94. The van der Waals surface area contributed by atoms with Crippen molar-refractivity contribution in [2.24, 2.45) is 0 Å². The van der Waals surface area contributed by atoms with Gasteiger partial charge in [0.25, 0.3) is 0 Å². The molecule has 3 aromatic rings. The Kier molecular flexibility index (Phi) is 5.31. The number of fused-ring (bicyclic) bond motifs is 1. The minimum atomic E-state index is -2.98. The third-order valence-electron chi connectivity index (χ3n) is 7.00. The number of carbonyl (C=O) groups excluding carboxylic acids is 1. The number of para-hydroxylation sites is 2. The standard InChI is InChI=1S/C23H29N5O3S/c1-15-19(16(2)28(26-15)18-9-12-32(30,31)14-18)13-22(29)27-10-7-17(8-11-27)23-24-20-5-3-4-6-21(20)25-23/h3-6,17-18H,7-14H2,1-2H3,(H,24,25). The molecule has 170 valence electrons. The number of carbonyl (C=O) groups is 1. The summed E-state index contributed by atoms with van der Waals surface area (Å²) in [5.74, 6) is 1.81. The Hall–Kier alpha value is -2.68. The maximum atomic E-state index is 13.1. The largest absolute Gasteiger partial charge is 0.342 e. The van der Waals surface area contributed by atoms with Gasteiger partial charge in [-0.3, -0.25) is 9.48 Å². The lowest BCUT2D eigenvalue weighted by Crippen LogP contribution is -2.39. The number of H-pyrrole nitrogens is 1. The Bertz CT molecular complexity index is 1240. The molecule has 0 aliphatic carbocycles. The fourth-order valence-electron chi connectivity index (χ4n) is 5.11. The van der Waals surface area contributed by atoms with Gasteiger partial charge in [0.05, 0.1) is 40.7 Å². The summed E-state index contributed by atoms with van der Waals surface area (Å²) in [6, 6.07) is 7.92. The SMILES string of the molecule is Cc1nn(C2CCS(=O)(=O)C2)c(C)c1CC(=O)N1CCC(c2nc3ccccc3[nH]2)CC1. The summed E-state index contributed by atoms with van der Waals surface area (Å²) in [5.41, 5.74) is 4.70. The Balaban J connectivity index is 1.23. The van der Waals surface area contributed by atoms with Crippen LogP contribution in [0.15, 0.2) is 24.3 Å². The summed E-state index contributed by atoms with van der Waals surface area (Å²) in [5, 5.41) is 4.60. The molecule has 8 nitrogen and oxygen atoms in total. The monoisotopic (exact) mass is 455 g/mol. The maximum Gasteiger partial charge on any atom is 0.227 e. The molecule has 2 saturated heterocycles. The molecule has 0 bridgehead atoms. The van der Waals surface area contributed by atoms with Gasteiger partial charge in [0.2, 0.25) is 5.91 Å². The van der Waals surface area contributed by atoms with Crippen molar-refractivity contribution < 1.29 is 13.2 Å². The van der Waals surface area contributed by atoms with E-state index in [1.807, 2.05) is 47.7 Å². The highest BCUT2D eigenvalue weighted by Crippen LogP contribution is 2.30. The van der Waals surface area contributed by atoms with Gasteiger partial charge >= 0.3 is 0 Å². The number of piperidine rings is 1. The molecule has 2 aliphatic heterocycles. The zero-order valence-corrected chi connectivity index (χ0v) is 19.4. The second-order valence-corrected chi connectivity index (χ2v) is 11.4. The van der Waals surface area contributed by atoms with Crippen molar-refractivity contribution in [1.29, 1.82) is 0 Å². The van der Waals surface area contributed by atoms with Crippen LogP contribution in [0.25, 0.3) is 11.0 Å². The van der Waals surface area contributed by atoms with Gasteiger partial charge in [-0.05, 0) is 45.2 Å². The van der Waals surface area contributed by atoms with Crippen molar-refractivity contribution >= 4 is 26.8 Å². The van der Waals surface area contributed by atoms with Crippen LogP contribution < -0.4 is 0 Å². The molecule has 1 amide bonds. The second-order valence-electron chi connectivity index (χ2n) is 9.12. The summed E-state index contributed by atoms with van der Waals surface area (Å²) >= 11 is 0. The number of nitrogens with one attached hydrogen (secondary N) is 1. The van der Waals surface area contributed by atoms with Gasteiger partial charge in [-0.2, -0.15) is 5.10 Å². The highest BCUT2D eigenvalue weighted by Gasteiger charge is 2.32. The van der Waals surface area contributed by atoms with E-state index < -0.39 is 9.84 Å². The normalized spacial score (nSPS) is 21.4. The summed E-state index contributed by atoms with van der Waals surface area (Å²) < 4.78 is 25.6. The molecule has 4 heterocycles. The number of amides is 1. The molecule has 2 aromatic heterocycles. The number of nitrogens with zero attached hydrogens (tertiary/aromatic N) is 4. The molecular weight excluding hydrogens is 426 g/mol. The van der Waals surface area contributed by atoms with Crippen LogP contribution in [0.1, 0.15) is 54.0 Å². The number of aromatic amines is 1. The van der Waals surface area contributed by atoms with E-state index in [2.05, 4.69) is 10.1 Å². The fraction of sp³-hybridized carbons (Fsp3) is 0.522. The maximum absolute atomic E-state index is 13.1. The van der Waals surface area contributed by atoms with Crippen molar-refractivity contribution in [2.45, 2.75) is 51.5 Å². The predicted octanol–water partition coefficient (Wildman–Crippen LogP) is 2.68. The van der Waals surface area contributed by atoms with Gasteiger partial charge in [0.15, 0.2) is 9.84 Å². The van der Waals surface area contributed by atoms with Crippen LogP contribution in [0, 0.1) is 13.8 Å². The molecule has 2 fully saturated rings. The zero-order valence-electron chi connectivity index (χ0n) is 18.5. The first-order chi connectivity index (χ1) is 15.3. The average molecular weight is 456 g/mol. The zero-order chi connectivity index (χ0) is 22.5. The van der Waals surface area contributed by atoms with Gasteiger partial charge in [0.1, 0.15) is 5.82 Å². The highest BCUT2D eigenvalue weighted by molar-refractivity contribution is 7.91. The Morgan fingerprint density at radius 1 is 1.16 bits per heavy atom. The van der Waals surface area contributed by atoms with E-state index in [0.717, 1.165) is 46.7 Å². The fourth-order valence-corrected chi connectivity index (χ4v) is 6.80. The van der Waals surface area contributed by atoms with Crippen molar-refractivity contribution in [3.8, 4) is 0 Å². The number of rotatable bonds is 4. The van der Waals surface area contributed by atoms with Crippen LogP contribution in [0.3, 0.4) is 0 Å². The first kappa shape index (κ1) is 21.2. The average Bonchev–Trinajstić information content (AvgIpc) is 3.44. The molecule has 1 atom stereocenters. The number of sulfone groups is 1. The van der Waals surface area contributed by atoms with Gasteiger partial charge in [-0.25, -0.2) is 13.4 Å². The van der Waals surface area contributed by atoms with Crippen molar-refractivity contribution in [2.75, 3.05) is 24.6 Å². The number of hydrogen-bond donors (Lipinski definition) is 1. The Morgan fingerprint density at radius 2 is 1.91 bits per heavy atom. The van der Waals surface area contributed by atoms with Gasteiger partial charge in [0, 0.05) is 30.3 Å². The van der Waals surface area contributed by atoms with Crippen molar-refractivity contribution in [3.63, 3.8) is 0 Å². The van der Waals surface area contributed by atoms with E-state index in [1.54, 1.807) is 0 Å². The number of likely N-dealkylation sites (tertiary alicyclic amines) is 1. The summed E-state index contributed by atoms with van der Waals surface area (Å²) in [6.45, 7) is 5.28. The molecule has 1 aromatic carbocycles. The number of imidazole rings is 1. The van der Waals surface area contributed by atoms with E-state index >= 15 is 0 Å². The van der Waals surface area contributed by atoms with E-state index in [1.165, 1.54) is 0 Å².